The molecule has 0 radical (unpaired) electrons. The summed E-state index contributed by atoms with van der Waals surface area (Å²) in [6.45, 7) is 13.0. The van der Waals surface area contributed by atoms with Crippen molar-refractivity contribution in [2.75, 3.05) is 0 Å². The third-order valence-electron chi connectivity index (χ3n) is 6.71. The number of hydrogen-bond acceptors (Lipinski definition) is 7. The molecule has 1 amide bonds. The van der Waals surface area contributed by atoms with E-state index in [0.717, 1.165) is 18.4 Å². The summed E-state index contributed by atoms with van der Waals surface area (Å²) in [4.78, 5) is 12.5. The quantitative estimate of drug-likeness (QED) is 0.458. The summed E-state index contributed by atoms with van der Waals surface area (Å²) in [7, 11) is -1.93. The fourth-order valence-corrected chi connectivity index (χ4v) is 4.90. The number of benzene rings is 1. The Kier molecular flexibility index (Phi) is 6.28. The average molecular weight is 469 g/mol. The maximum absolute atomic E-state index is 12.5. The molecule has 0 aliphatic heterocycles. The molecule has 0 unspecified atom stereocenters. The molecule has 0 saturated heterocycles. The highest BCUT2D eigenvalue weighted by Gasteiger charge is 2.40. The van der Waals surface area contributed by atoms with E-state index < -0.39 is 8.32 Å². The maximum atomic E-state index is 12.5. The molecule has 8 nitrogen and oxygen atoms in total. The first-order valence-electron chi connectivity index (χ1n) is 11.4. The van der Waals surface area contributed by atoms with Crippen LogP contribution in [-0.4, -0.2) is 35.6 Å². The fourth-order valence-electron chi connectivity index (χ4n) is 3.56. The number of aromatic nitrogens is 3. The minimum atomic E-state index is -1.93. The topological polar surface area (TPSA) is 103 Å². The molecule has 2 heterocycles. The van der Waals surface area contributed by atoms with Crippen molar-refractivity contribution in [1.29, 1.82) is 0 Å². The fraction of sp³-hybridized carbons (Fsp3) is 0.500. The van der Waals surface area contributed by atoms with E-state index in [2.05, 4.69) is 54.5 Å². The Bertz CT molecular complexity index is 1100. The van der Waals surface area contributed by atoms with Crippen LogP contribution in [0.1, 0.15) is 74.8 Å². The van der Waals surface area contributed by atoms with Crippen LogP contribution >= 0.6 is 0 Å². The molecule has 1 aromatic carbocycles. The minimum Gasteiger partial charge on any atom is -0.422 e. The number of rotatable bonds is 7. The SMILES string of the molecule is C[C@@H](O[Si](C)(C)C(C)(C)C)c1nnc([C@H]2C[C@H](NC(=O)c3cc(-c4ccccc4)on3)C2)o1. The Morgan fingerprint density at radius 1 is 1.18 bits per heavy atom. The zero-order valence-electron chi connectivity index (χ0n) is 20.1. The normalized spacial score (nSPS) is 19.7. The van der Waals surface area contributed by atoms with Crippen LogP contribution in [0.2, 0.25) is 18.1 Å². The van der Waals surface area contributed by atoms with Gasteiger partial charge in [-0.3, -0.25) is 4.79 Å². The summed E-state index contributed by atoms with van der Waals surface area (Å²) >= 11 is 0. The van der Waals surface area contributed by atoms with Gasteiger partial charge >= 0.3 is 0 Å². The Morgan fingerprint density at radius 2 is 1.88 bits per heavy atom. The highest BCUT2D eigenvalue weighted by atomic mass is 28.4. The van der Waals surface area contributed by atoms with Gasteiger partial charge in [-0.15, -0.1) is 10.2 Å². The van der Waals surface area contributed by atoms with Crippen molar-refractivity contribution in [3.8, 4) is 11.3 Å². The first-order chi connectivity index (χ1) is 15.5. The van der Waals surface area contributed by atoms with E-state index in [4.69, 9.17) is 13.4 Å². The van der Waals surface area contributed by atoms with Crippen LogP contribution in [0, 0.1) is 0 Å². The van der Waals surface area contributed by atoms with Gasteiger partial charge in [-0.05, 0) is 37.9 Å². The minimum absolute atomic E-state index is 0.0376. The summed E-state index contributed by atoms with van der Waals surface area (Å²) < 4.78 is 17.6. The second-order valence-corrected chi connectivity index (χ2v) is 15.0. The van der Waals surface area contributed by atoms with E-state index in [1.54, 1.807) is 6.07 Å². The van der Waals surface area contributed by atoms with Crippen LogP contribution < -0.4 is 5.32 Å². The predicted octanol–water partition coefficient (Wildman–Crippen LogP) is 5.48. The first kappa shape index (κ1) is 23.4. The van der Waals surface area contributed by atoms with Crippen LogP contribution in [-0.2, 0) is 4.43 Å². The largest absolute Gasteiger partial charge is 0.422 e. The molecule has 1 saturated carbocycles. The van der Waals surface area contributed by atoms with E-state index in [1.165, 1.54) is 0 Å². The maximum Gasteiger partial charge on any atom is 0.273 e. The van der Waals surface area contributed by atoms with Crippen LogP contribution in [0.3, 0.4) is 0 Å². The Morgan fingerprint density at radius 3 is 2.55 bits per heavy atom. The molecule has 1 aliphatic rings. The van der Waals surface area contributed by atoms with E-state index in [1.807, 2.05) is 37.3 Å². The third kappa shape index (κ3) is 5.09. The molecule has 4 rings (SSSR count). The molecule has 2 aromatic heterocycles. The molecule has 0 spiro atoms. The molecule has 33 heavy (non-hydrogen) atoms. The molecule has 176 valence electrons. The van der Waals surface area contributed by atoms with Gasteiger partial charge in [0.25, 0.3) is 5.91 Å². The molecule has 1 aliphatic carbocycles. The van der Waals surface area contributed by atoms with Crippen molar-refractivity contribution in [3.05, 3.63) is 53.9 Å². The zero-order valence-corrected chi connectivity index (χ0v) is 21.1. The number of amides is 1. The van der Waals surface area contributed by atoms with Crippen molar-refractivity contribution in [2.45, 2.75) is 76.7 Å². The van der Waals surface area contributed by atoms with Crippen molar-refractivity contribution < 1.29 is 18.2 Å². The Hall–Kier alpha value is -2.78. The lowest BCUT2D eigenvalue weighted by atomic mass is 9.80. The molecular weight excluding hydrogens is 436 g/mol. The lowest BCUT2D eigenvalue weighted by molar-refractivity contribution is 0.0892. The second-order valence-electron chi connectivity index (χ2n) is 10.3. The molecule has 3 aromatic rings. The van der Waals surface area contributed by atoms with E-state index in [9.17, 15) is 4.79 Å². The summed E-state index contributed by atoms with van der Waals surface area (Å²) in [6, 6.07) is 11.3. The van der Waals surface area contributed by atoms with Crippen molar-refractivity contribution in [3.63, 3.8) is 0 Å². The standard InChI is InChI=1S/C24H32N4O4Si/c1-15(32-33(5,6)24(2,3)4)22-26-27-23(30-22)17-12-18(13-17)25-21(29)19-14-20(31-28-19)16-10-8-7-9-11-16/h7-11,14-15,17-18H,12-13H2,1-6H3,(H,25,29)/t15-,17-,18-/m1/s1. The first-order valence-corrected chi connectivity index (χ1v) is 14.3. The summed E-state index contributed by atoms with van der Waals surface area (Å²) in [5.74, 6) is 1.58. The number of carbonyl (C=O) groups is 1. The summed E-state index contributed by atoms with van der Waals surface area (Å²) in [5.41, 5.74) is 1.15. The van der Waals surface area contributed by atoms with Gasteiger partial charge in [0.05, 0.1) is 0 Å². The molecule has 0 bridgehead atoms. The monoisotopic (exact) mass is 468 g/mol. The van der Waals surface area contributed by atoms with E-state index in [-0.39, 0.29) is 34.7 Å². The van der Waals surface area contributed by atoms with Crippen molar-refractivity contribution in [2.24, 2.45) is 0 Å². The number of hydrogen-bond donors (Lipinski definition) is 1. The predicted molar refractivity (Wildman–Crippen MR) is 126 cm³/mol. The van der Waals surface area contributed by atoms with E-state index in [0.29, 0.717) is 17.5 Å². The summed E-state index contributed by atoms with van der Waals surface area (Å²) in [5, 5.41) is 15.5. The third-order valence-corrected chi connectivity index (χ3v) is 11.3. The smallest absolute Gasteiger partial charge is 0.273 e. The number of carbonyl (C=O) groups excluding carboxylic acids is 1. The molecule has 1 atom stereocenters. The molecular formula is C24H32N4O4Si. The van der Waals surface area contributed by atoms with Crippen LogP contribution in [0.4, 0.5) is 0 Å². The second kappa shape index (κ2) is 8.87. The highest BCUT2D eigenvalue weighted by Crippen LogP contribution is 2.40. The van der Waals surface area contributed by atoms with Crippen LogP contribution in [0.25, 0.3) is 11.3 Å². The molecule has 1 fully saturated rings. The summed E-state index contributed by atoms with van der Waals surface area (Å²) in [6.07, 6.45) is 1.25. The van der Waals surface area contributed by atoms with Gasteiger partial charge in [-0.1, -0.05) is 56.3 Å². The van der Waals surface area contributed by atoms with E-state index >= 15 is 0 Å². The van der Waals surface area contributed by atoms with Gasteiger partial charge in [-0.2, -0.15) is 0 Å². The van der Waals surface area contributed by atoms with Gasteiger partial charge in [0.1, 0.15) is 6.10 Å². The average Bonchev–Trinajstić information content (AvgIpc) is 3.40. The molecule has 9 heteroatoms. The van der Waals surface area contributed by atoms with Crippen molar-refractivity contribution >= 4 is 14.2 Å². The number of nitrogens with zero attached hydrogens (tertiary/aromatic N) is 3. The van der Waals surface area contributed by atoms with Gasteiger partial charge in [0.15, 0.2) is 19.8 Å². The van der Waals surface area contributed by atoms with Crippen LogP contribution in [0.5, 0.6) is 0 Å². The van der Waals surface area contributed by atoms with Gasteiger partial charge in [0.2, 0.25) is 11.8 Å². The zero-order chi connectivity index (χ0) is 23.8. The lowest BCUT2D eigenvalue weighted by Crippen LogP contribution is -2.43. The lowest BCUT2D eigenvalue weighted by Gasteiger charge is -2.37. The Labute approximate surface area is 195 Å². The van der Waals surface area contributed by atoms with Gasteiger partial charge < -0.3 is 18.7 Å². The molecule has 1 N–H and O–H groups in total. The van der Waals surface area contributed by atoms with Gasteiger partial charge in [-0.25, -0.2) is 0 Å². The van der Waals surface area contributed by atoms with Crippen LogP contribution in [0.15, 0.2) is 45.3 Å². The Balaban J connectivity index is 1.29. The highest BCUT2D eigenvalue weighted by molar-refractivity contribution is 6.74. The number of nitrogens with one attached hydrogen (secondary N) is 1. The van der Waals surface area contributed by atoms with Crippen molar-refractivity contribution in [1.82, 2.24) is 20.7 Å². The van der Waals surface area contributed by atoms with Gasteiger partial charge in [0, 0.05) is 23.6 Å².